The molecule has 0 saturated carbocycles. The fourth-order valence-electron chi connectivity index (χ4n) is 7.46. The molecule has 59 heavy (non-hydrogen) atoms. The number of ether oxygens (including phenoxy) is 2. The number of fused-ring (bicyclic) bond motifs is 1. The highest BCUT2D eigenvalue weighted by molar-refractivity contribution is 6.39. The molecule has 3 aromatic heterocycles. The van der Waals surface area contributed by atoms with Crippen molar-refractivity contribution in [2.45, 2.75) is 71.2 Å². The minimum atomic E-state index is -0.712. The molecule has 2 saturated heterocycles. The van der Waals surface area contributed by atoms with Gasteiger partial charge >= 0.3 is 6.09 Å². The lowest BCUT2D eigenvalue weighted by Crippen LogP contribution is -2.43. The van der Waals surface area contributed by atoms with E-state index in [1.54, 1.807) is 49.5 Å². The van der Waals surface area contributed by atoms with Crippen LogP contribution in [0.25, 0.3) is 39.0 Å². The Morgan fingerprint density at radius 2 is 1.71 bits per heavy atom. The Balaban J connectivity index is 1.13. The average Bonchev–Trinajstić information content (AvgIpc) is 3.94. The number of carbonyl (C=O) groups is 3. The number of amides is 3. The third-order valence-corrected chi connectivity index (χ3v) is 11.3. The molecular formula is C43H48Cl2N8O6. The molecule has 2 aliphatic heterocycles. The maximum Gasteiger partial charge on any atom is 0.410 e. The van der Waals surface area contributed by atoms with E-state index in [4.69, 9.17) is 42.8 Å². The molecule has 2 N–H and O–H groups in total. The van der Waals surface area contributed by atoms with Crippen LogP contribution >= 0.6 is 23.2 Å². The van der Waals surface area contributed by atoms with Crippen LogP contribution in [0.3, 0.4) is 0 Å². The standard InChI is InChI=1S/C43H48Cl2N8O6/c1-43(2,3)59-42(57)52(25-28-15-17-36(54)47-28)23-26-14-16-33(48-40(26)58-5)32-12-7-11-31(39(32)45)30-10-6-9-29(38(30)44)27-21-34-41(56)50(4)35(49-53(34)24-27)22-46-18-20-51-19-8-13-37(51)55/h6-7,9-12,14,16,21,24,28,46H,8,13,15,17-20,22-23,25H2,1-5H3,(H,47,54)/t28-/m0/s1. The van der Waals surface area contributed by atoms with Gasteiger partial charge in [0.1, 0.15) is 16.9 Å². The predicted octanol–water partition coefficient (Wildman–Crippen LogP) is 6.47. The molecule has 0 radical (unpaired) electrons. The van der Waals surface area contributed by atoms with E-state index in [-0.39, 0.29) is 36.5 Å². The summed E-state index contributed by atoms with van der Waals surface area (Å²) in [6.45, 7) is 8.18. The monoisotopic (exact) mass is 842 g/mol. The van der Waals surface area contributed by atoms with Crippen molar-refractivity contribution in [2.24, 2.45) is 7.05 Å². The number of pyridine rings is 1. The second kappa shape index (κ2) is 17.4. The minimum Gasteiger partial charge on any atom is -0.481 e. The first-order valence-electron chi connectivity index (χ1n) is 19.7. The number of hydrogen-bond acceptors (Lipinski definition) is 9. The molecular weight excluding hydrogens is 795 g/mol. The van der Waals surface area contributed by atoms with Gasteiger partial charge < -0.3 is 29.9 Å². The van der Waals surface area contributed by atoms with Crippen molar-refractivity contribution in [1.29, 1.82) is 0 Å². The van der Waals surface area contributed by atoms with Crippen molar-refractivity contribution in [3.05, 3.63) is 92.6 Å². The van der Waals surface area contributed by atoms with Crippen LogP contribution in [0.15, 0.2) is 65.6 Å². The quantitative estimate of drug-likeness (QED) is 0.127. The highest BCUT2D eigenvalue weighted by Crippen LogP contribution is 2.42. The van der Waals surface area contributed by atoms with Crippen LogP contribution in [-0.4, -0.2) is 91.8 Å². The second-order valence-corrected chi connectivity index (χ2v) is 16.6. The van der Waals surface area contributed by atoms with E-state index in [1.165, 1.54) is 11.7 Å². The number of rotatable bonds is 13. The average molecular weight is 844 g/mol. The molecule has 2 fully saturated rings. The zero-order valence-corrected chi connectivity index (χ0v) is 35.3. The van der Waals surface area contributed by atoms with Crippen LogP contribution in [0.2, 0.25) is 10.0 Å². The van der Waals surface area contributed by atoms with Crippen molar-refractivity contribution in [1.82, 2.24) is 39.6 Å². The summed E-state index contributed by atoms with van der Waals surface area (Å²) >= 11 is 14.3. The number of carbonyl (C=O) groups excluding carboxylic acids is 3. The van der Waals surface area contributed by atoms with Crippen molar-refractivity contribution >= 4 is 46.6 Å². The van der Waals surface area contributed by atoms with Crippen LogP contribution in [-0.2, 0) is 34.5 Å². The lowest BCUT2D eigenvalue weighted by Gasteiger charge is -2.29. The minimum absolute atomic E-state index is 0.0410. The van der Waals surface area contributed by atoms with Gasteiger partial charge in [-0.3, -0.25) is 19.0 Å². The lowest BCUT2D eigenvalue weighted by atomic mass is 9.97. The number of benzene rings is 2. The van der Waals surface area contributed by atoms with Gasteiger partial charge in [-0.1, -0.05) is 59.6 Å². The number of nitrogens with zero attached hydrogens (tertiary/aromatic N) is 6. The Hall–Kier alpha value is -5.44. The summed E-state index contributed by atoms with van der Waals surface area (Å²) < 4.78 is 14.6. The van der Waals surface area contributed by atoms with E-state index in [0.717, 1.165) is 13.0 Å². The van der Waals surface area contributed by atoms with Gasteiger partial charge in [0.05, 0.1) is 35.9 Å². The normalized spacial score (nSPS) is 15.6. The number of methoxy groups -OCH3 is 1. The largest absolute Gasteiger partial charge is 0.481 e. The molecule has 0 aliphatic carbocycles. The molecule has 14 nitrogen and oxygen atoms in total. The number of aromatic nitrogens is 4. The molecule has 5 heterocycles. The van der Waals surface area contributed by atoms with Gasteiger partial charge in [0.15, 0.2) is 0 Å². The topological polar surface area (TPSA) is 152 Å². The van der Waals surface area contributed by atoms with E-state index in [9.17, 15) is 19.2 Å². The first-order chi connectivity index (χ1) is 28.2. The zero-order valence-electron chi connectivity index (χ0n) is 33.8. The summed E-state index contributed by atoms with van der Waals surface area (Å²) in [6.07, 6.45) is 3.81. The number of hydrogen-bond donors (Lipinski definition) is 2. The van der Waals surface area contributed by atoms with Crippen LogP contribution in [0.5, 0.6) is 5.88 Å². The van der Waals surface area contributed by atoms with Gasteiger partial charge in [-0.2, -0.15) is 5.10 Å². The Kier molecular flexibility index (Phi) is 12.3. The zero-order chi connectivity index (χ0) is 42.0. The smallest absolute Gasteiger partial charge is 0.410 e. The third kappa shape index (κ3) is 9.24. The van der Waals surface area contributed by atoms with Crippen molar-refractivity contribution < 1.29 is 23.9 Å². The first kappa shape index (κ1) is 41.7. The third-order valence-electron chi connectivity index (χ3n) is 10.5. The molecule has 16 heteroatoms. The summed E-state index contributed by atoms with van der Waals surface area (Å²) in [5.41, 5.74) is 4.10. The predicted molar refractivity (Wildman–Crippen MR) is 226 cm³/mol. The molecule has 0 bridgehead atoms. The first-order valence-corrected chi connectivity index (χ1v) is 20.4. The molecule has 7 rings (SSSR count). The summed E-state index contributed by atoms with van der Waals surface area (Å²) in [5, 5.41) is 11.8. The summed E-state index contributed by atoms with van der Waals surface area (Å²) in [6, 6.07) is 16.5. The van der Waals surface area contributed by atoms with Gasteiger partial charge in [-0.15, -0.1) is 0 Å². The van der Waals surface area contributed by atoms with E-state index in [1.807, 2.05) is 53.4 Å². The van der Waals surface area contributed by atoms with Gasteiger partial charge in [0.2, 0.25) is 17.7 Å². The van der Waals surface area contributed by atoms with Gasteiger partial charge in [-0.05, 0) is 51.8 Å². The Bertz CT molecular complexity index is 2480. The SMILES string of the molecule is COc1nc(-c2cccc(-c3cccc(-c4cc5c(=O)n(C)c(CNCCN6CCCC6=O)nn5c4)c3Cl)c2Cl)ccc1CN(C[C@@H]1CCC(=O)N1)C(=O)OC(C)(C)C. The van der Waals surface area contributed by atoms with Crippen LogP contribution in [0.1, 0.15) is 57.8 Å². The highest BCUT2D eigenvalue weighted by atomic mass is 35.5. The number of likely N-dealkylation sites (tertiary alicyclic amines) is 1. The lowest BCUT2D eigenvalue weighted by molar-refractivity contribution is -0.127. The second-order valence-electron chi connectivity index (χ2n) is 15.9. The van der Waals surface area contributed by atoms with E-state index in [0.29, 0.717) is 105 Å². The van der Waals surface area contributed by atoms with E-state index in [2.05, 4.69) is 10.6 Å². The molecule has 2 aromatic carbocycles. The molecule has 3 amide bonds. The van der Waals surface area contributed by atoms with Crippen LogP contribution in [0, 0.1) is 0 Å². The molecule has 5 aromatic rings. The van der Waals surface area contributed by atoms with Crippen molar-refractivity contribution in [2.75, 3.05) is 33.3 Å². The summed E-state index contributed by atoms with van der Waals surface area (Å²) in [4.78, 5) is 58.9. The Labute approximate surface area is 352 Å². The molecule has 2 aliphatic rings. The maximum atomic E-state index is 13.5. The van der Waals surface area contributed by atoms with Crippen molar-refractivity contribution in [3.63, 3.8) is 0 Å². The maximum absolute atomic E-state index is 13.5. The van der Waals surface area contributed by atoms with Crippen LogP contribution in [0.4, 0.5) is 4.79 Å². The molecule has 310 valence electrons. The summed E-state index contributed by atoms with van der Waals surface area (Å²) in [7, 11) is 3.21. The molecule has 1 atom stereocenters. The fraction of sp³-hybridized carbons (Fsp3) is 0.395. The van der Waals surface area contributed by atoms with Gasteiger partial charge in [0.25, 0.3) is 5.56 Å². The Morgan fingerprint density at radius 1 is 1.00 bits per heavy atom. The van der Waals surface area contributed by atoms with Gasteiger partial charge in [0, 0.05) is 91.7 Å². The van der Waals surface area contributed by atoms with Crippen LogP contribution < -0.4 is 20.9 Å². The van der Waals surface area contributed by atoms with E-state index < -0.39 is 11.7 Å². The van der Waals surface area contributed by atoms with Gasteiger partial charge in [-0.25, -0.2) is 14.3 Å². The molecule has 0 spiro atoms. The number of nitrogens with one attached hydrogen (secondary N) is 2. The molecule has 0 unspecified atom stereocenters. The Morgan fingerprint density at radius 3 is 2.37 bits per heavy atom. The number of halogens is 2. The summed E-state index contributed by atoms with van der Waals surface area (Å²) in [5.74, 6) is 1.00. The van der Waals surface area contributed by atoms with E-state index >= 15 is 0 Å². The highest BCUT2D eigenvalue weighted by Gasteiger charge is 2.30. The fourth-order valence-corrected chi connectivity index (χ4v) is 8.13. The van der Waals surface area contributed by atoms with Crippen molar-refractivity contribution in [3.8, 4) is 39.4 Å².